The lowest BCUT2D eigenvalue weighted by molar-refractivity contribution is -0.699. The summed E-state index contributed by atoms with van der Waals surface area (Å²) in [6, 6.07) is 0.0634. The van der Waals surface area contributed by atoms with E-state index in [2.05, 4.69) is 15.6 Å². The first kappa shape index (κ1) is 29.2. The summed E-state index contributed by atoms with van der Waals surface area (Å²) < 4.78 is 12.1. The van der Waals surface area contributed by atoms with Crippen LogP contribution in [0.25, 0.3) is 0 Å². The van der Waals surface area contributed by atoms with Crippen LogP contribution in [0.1, 0.15) is 90.4 Å². The third-order valence-corrected chi connectivity index (χ3v) is 10.2. The van der Waals surface area contributed by atoms with E-state index in [1.807, 2.05) is 13.0 Å². The molecule has 5 fully saturated rings. The van der Waals surface area contributed by atoms with Crippen molar-refractivity contribution >= 4 is 23.5 Å². The number of quaternary nitrogens is 1. The molecule has 2 saturated heterocycles. The maximum atomic E-state index is 14.0. The Labute approximate surface area is 237 Å². The normalized spacial score (nSPS) is 37.8. The quantitative estimate of drug-likeness (QED) is 0.0650. The molecule has 0 bridgehead atoms. The zero-order chi connectivity index (χ0) is 28.5. The number of ketones is 2. The Morgan fingerprint density at radius 3 is 2.48 bits per heavy atom. The Morgan fingerprint density at radius 1 is 1.12 bits per heavy atom. The number of hydrogen-bond donors (Lipinski definition) is 5. The van der Waals surface area contributed by atoms with E-state index in [4.69, 9.17) is 20.9 Å². The fraction of sp³-hybridized carbons (Fsp3) is 0.800. The van der Waals surface area contributed by atoms with Crippen molar-refractivity contribution in [3.8, 4) is 0 Å². The second kappa shape index (κ2) is 11.9. The van der Waals surface area contributed by atoms with Gasteiger partial charge >= 0.3 is 11.9 Å². The fourth-order valence-corrected chi connectivity index (χ4v) is 7.85. The average Bonchev–Trinajstić information content (AvgIpc) is 3.67. The predicted octanol–water partition coefficient (Wildman–Crippen LogP) is -0.704. The van der Waals surface area contributed by atoms with Crippen LogP contribution < -0.4 is 27.1 Å². The lowest BCUT2D eigenvalue weighted by atomic mass is 9.61. The van der Waals surface area contributed by atoms with E-state index in [1.165, 1.54) is 0 Å². The Balaban J connectivity index is 1.37. The molecule has 0 amide bonds. The van der Waals surface area contributed by atoms with E-state index in [0.29, 0.717) is 31.1 Å². The summed E-state index contributed by atoms with van der Waals surface area (Å²) >= 11 is 0. The van der Waals surface area contributed by atoms with Crippen LogP contribution in [0.3, 0.4) is 0 Å². The van der Waals surface area contributed by atoms with Gasteiger partial charge in [0.25, 0.3) is 5.60 Å². The van der Waals surface area contributed by atoms with E-state index in [1.54, 1.807) is 7.05 Å². The number of epoxide rings is 1. The number of ether oxygens (including phenoxy) is 2. The summed E-state index contributed by atoms with van der Waals surface area (Å²) in [5.41, 5.74) is 10.2. The van der Waals surface area contributed by atoms with Crippen LogP contribution in [0.4, 0.5) is 0 Å². The number of hydrogen-bond acceptors (Lipinski definition) is 6. The first-order valence-electron chi connectivity index (χ1n) is 15.5. The number of esters is 1. The molecule has 0 aromatic carbocycles. The summed E-state index contributed by atoms with van der Waals surface area (Å²) in [6.45, 7) is 2.99. The van der Waals surface area contributed by atoms with Crippen LogP contribution in [0.5, 0.6) is 0 Å². The Morgan fingerprint density at radius 2 is 1.80 bits per heavy atom. The third-order valence-electron chi connectivity index (χ3n) is 10.2. The maximum Gasteiger partial charge on any atom is 0.350 e. The number of rotatable bonds is 8. The van der Waals surface area contributed by atoms with Crippen molar-refractivity contribution in [3.63, 3.8) is 0 Å². The van der Waals surface area contributed by atoms with Gasteiger partial charge in [-0.25, -0.2) is 4.79 Å². The highest BCUT2D eigenvalue weighted by Gasteiger charge is 2.87. The molecular formula is C30H49N5O5+2. The molecule has 8 N–H and O–H groups in total. The van der Waals surface area contributed by atoms with Crippen molar-refractivity contribution in [2.75, 3.05) is 13.6 Å². The van der Waals surface area contributed by atoms with Gasteiger partial charge in [-0.3, -0.25) is 31.4 Å². The predicted molar refractivity (Wildman–Crippen MR) is 148 cm³/mol. The molecule has 10 nitrogen and oxygen atoms in total. The smallest absolute Gasteiger partial charge is 0.350 e. The molecule has 10 heteroatoms. The van der Waals surface area contributed by atoms with Crippen LogP contribution in [0, 0.1) is 17.8 Å². The van der Waals surface area contributed by atoms with Gasteiger partial charge in [0.15, 0.2) is 17.2 Å². The Bertz CT molecular complexity index is 1060. The first-order chi connectivity index (χ1) is 19.2. The number of piperidine rings is 1. The van der Waals surface area contributed by atoms with Gasteiger partial charge in [-0.15, -0.1) is 0 Å². The van der Waals surface area contributed by atoms with Gasteiger partial charge in [0.1, 0.15) is 12.3 Å². The second-order valence-corrected chi connectivity index (χ2v) is 12.8. The molecule has 40 heavy (non-hydrogen) atoms. The molecule has 0 aromatic heterocycles. The lowest BCUT2D eigenvalue weighted by Crippen LogP contribution is -2.95. The van der Waals surface area contributed by atoms with Crippen LogP contribution in [0.15, 0.2) is 11.6 Å². The van der Waals surface area contributed by atoms with Crippen molar-refractivity contribution in [2.45, 2.75) is 120 Å². The number of fused-ring (bicyclic) bond motifs is 2. The summed E-state index contributed by atoms with van der Waals surface area (Å²) in [6.07, 6.45) is 12.5. The van der Waals surface area contributed by atoms with Crippen molar-refractivity contribution < 1.29 is 34.2 Å². The molecule has 222 valence electrons. The second-order valence-electron chi connectivity index (χ2n) is 12.8. The average molecular weight is 560 g/mol. The Hall–Kier alpha value is -2.30. The van der Waals surface area contributed by atoms with E-state index >= 15 is 0 Å². The number of nitrogens with one attached hydrogen (secondary N) is 2. The van der Waals surface area contributed by atoms with Gasteiger partial charge in [0.2, 0.25) is 0 Å². The monoisotopic (exact) mass is 559 g/mol. The van der Waals surface area contributed by atoms with E-state index in [9.17, 15) is 14.4 Å². The highest BCUT2D eigenvalue weighted by molar-refractivity contribution is 6.23. The van der Waals surface area contributed by atoms with Gasteiger partial charge in [-0.2, -0.15) is 0 Å². The Kier molecular flexibility index (Phi) is 8.69. The minimum Gasteiger partial charge on any atom is -0.460 e. The summed E-state index contributed by atoms with van der Waals surface area (Å²) in [5, 5.41) is 5.58. The molecule has 2 aliphatic heterocycles. The minimum atomic E-state index is -1.79. The van der Waals surface area contributed by atoms with Crippen molar-refractivity contribution in [2.24, 2.45) is 29.2 Å². The molecule has 5 aliphatic rings. The van der Waals surface area contributed by atoms with Crippen molar-refractivity contribution in [3.05, 3.63) is 11.6 Å². The highest BCUT2D eigenvalue weighted by Crippen LogP contribution is 2.61. The molecule has 0 spiro atoms. The lowest BCUT2D eigenvalue weighted by Gasteiger charge is -2.37. The maximum absolute atomic E-state index is 14.0. The molecule has 0 radical (unpaired) electrons. The molecule has 0 aromatic rings. The number of Topliss-reactive ketones (excluding diaryl/α,β-unsaturated/α-hetero) is 2. The van der Waals surface area contributed by atoms with Gasteiger partial charge in [-0.1, -0.05) is 30.9 Å². The first-order valence-corrected chi connectivity index (χ1v) is 15.5. The zero-order valence-electron chi connectivity index (χ0n) is 24.2. The van der Waals surface area contributed by atoms with Crippen LogP contribution in [0.2, 0.25) is 0 Å². The number of nitrogens with two attached hydrogens (primary N) is 3. The zero-order valence-corrected chi connectivity index (χ0v) is 24.2. The van der Waals surface area contributed by atoms with Crippen LogP contribution in [-0.2, 0) is 23.9 Å². The number of guanidine groups is 1. The summed E-state index contributed by atoms with van der Waals surface area (Å²) in [5.74, 6) is -0.919. The molecule has 4 unspecified atom stereocenters. The number of carbonyl (C=O) groups excluding carboxylic acids is 3. The molecule has 5 rings (SSSR count). The SMILES string of the molecule is C[NH+]=C(N)N[C@@H](CC(C)=CC[C@@]12O[C@]1(C(=O)OC1CCCCC1)C(=O)C1CCCCC1C2=O)C1CC[NH2+]C(N)C1. The summed E-state index contributed by atoms with van der Waals surface area (Å²) in [4.78, 5) is 44.6. The molecule has 7 atom stereocenters. The molecule has 3 aliphatic carbocycles. The fourth-order valence-electron chi connectivity index (χ4n) is 7.85. The topological polar surface area (TPSA) is 168 Å². The van der Waals surface area contributed by atoms with Gasteiger partial charge in [-0.05, 0) is 45.4 Å². The molecular weight excluding hydrogens is 510 g/mol. The van der Waals surface area contributed by atoms with Crippen molar-refractivity contribution in [1.82, 2.24) is 5.32 Å². The van der Waals surface area contributed by atoms with Gasteiger partial charge in [0.05, 0.1) is 19.6 Å². The third kappa shape index (κ3) is 5.34. The standard InChI is InChI=1S/C30H47N5O5/c1-18(16-23(35-28(32)33-2)19-13-15-34-24(31)17-19)12-14-29-25(36)21-10-6-7-11-22(21)26(37)30(29,40-29)27(38)39-20-8-4-3-5-9-20/h12,19-24,34H,3-11,13-17,31H2,1-2H3,(H3,32,33,35)/p+2/t19?,21?,22?,23-,24?,29-,30-/m0/s1. The number of carbonyl (C=O) groups is 3. The molecule has 3 saturated carbocycles. The largest absolute Gasteiger partial charge is 0.460 e. The molecule has 2 heterocycles. The van der Waals surface area contributed by atoms with E-state index < -0.39 is 23.1 Å². The highest BCUT2D eigenvalue weighted by atomic mass is 16.7. The summed E-state index contributed by atoms with van der Waals surface area (Å²) in [7, 11) is 1.78. The van der Waals surface area contributed by atoms with Crippen LogP contribution >= 0.6 is 0 Å². The van der Waals surface area contributed by atoms with E-state index in [0.717, 1.165) is 69.9 Å². The van der Waals surface area contributed by atoms with Crippen LogP contribution in [-0.4, -0.2) is 66.6 Å². The van der Waals surface area contributed by atoms with E-state index in [-0.39, 0.29) is 42.2 Å². The van der Waals surface area contributed by atoms with Gasteiger partial charge in [0, 0.05) is 43.4 Å². The van der Waals surface area contributed by atoms with Gasteiger partial charge < -0.3 is 14.8 Å². The van der Waals surface area contributed by atoms with Crippen molar-refractivity contribution in [1.29, 1.82) is 0 Å². The minimum absolute atomic E-state index is 0.0620.